The minimum absolute atomic E-state index is 0. The van der Waals surface area contributed by atoms with Crippen molar-refractivity contribution in [3.8, 4) is 0 Å². The Kier molecular flexibility index (Phi) is 10.8. The molecule has 2 heterocycles. The number of likely N-dealkylation sites (tertiary alicyclic amines) is 2. The molecule has 2 rings (SSSR count). The highest BCUT2D eigenvalue weighted by molar-refractivity contribution is 14.0. The number of guanidine groups is 1. The summed E-state index contributed by atoms with van der Waals surface area (Å²) in [4.78, 5) is 21.2. The zero-order valence-electron chi connectivity index (χ0n) is 17.0. The Morgan fingerprint density at radius 3 is 2.62 bits per heavy atom. The van der Waals surface area contributed by atoms with Crippen LogP contribution in [0.1, 0.15) is 53.4 Å². The van der Waals surface area contributed by atoms with E-state index in [9.17, 15) is 4.79 Å². The molecule has 0 aromatic carbocycles. The van der Waals surface area contributed by atoms with E-state index in [0.717, 1.165) is 45.1 Å². The molecule has 2 atom stereocenters. The molecule has 0 radical (unpaired) electrons. The Labute approximate surface area is 176 Å². The monoisotopic (exact) mass is 479 g/mol. The van der Waals surface area contributed by atoms with Crippen LogP contribution in [0, 0.1) is 5.92 Å². The van der Waals surface area contributed by atoms with Crippen molar-refractivity contribution in [3.05, 3.63) is 0 Å². The maximum Gasteiger partial charge on any atom is 0.222 e. The van der Waals surface area contributed by atoms with Crippen molar-refractivity contribution in [3.63, 3.8) is 0 Å². The summed E-state index contributed by atoms with van der Waals surface area (Å²) < 4.78 is 0. The van der Waals surface area contributed by atoms with E-state index in [4.69, 9.17) is 4.99 Å². The van der Waals surface area contributed by atoms with Gasteiger partial charge in [-0.2, -0.15) is 0 Å². The van der Waals surface area contributed by atoms with Crippen molar-refractivity contribution in [2.24, 2.45) is 10.9 Å². The second-order valence-corrected chi connectivity index (χ2v) is 7.64. The number of carbonyl (C=O) groups excluding carboxylic acids is 1. The maximum atomic E-state index is 11.8. The lowest BCUT2D eigenvalue weighted by molar-refractivity contribution is -0.129. The number of carbonyl (C=O) groups is 1. The summed E-state index contributed by atoms with van der Waals surface area (Å²) in [5, 5.41) is 6.89. The van der Waals surface area contributed by atoms with Gasteiger partial charge in [0.25, 0.3) is 0 Å². The molecule has 0 spiro atoms. The predicted molar refractivity (Wildman–Crippen MR) is 119 cm³/mol. The van der Waals surface area contributed by atoms with E-state index in [2.05, 4.69) is 36.3 Å². The molecule has 0 aromatic heterocycles. The molecule has 0 aliphatic carbocycles. The summed E-state index contributed by atoms with van der Waals surface area (Å²) in [5.74, 6) is 1.80. The Balaban J connectivity index is 0.00000338. The van der Waals surface area contributed by atoms with E-state index >= 15 is 0 Å². The molecular formula is C19H38IN5O. The fraction of sp³-hybridized carbons (Fsp3) is 0.895. The van der Waals surface area contributed by atoms with Gasteiger partial charge >= 0.3 is 0 Å². The van der Waals surface area contributed by atoms with Gasteiger partial charge in [-0.05, 0) is 52.5 Å². The van der Waals surface area contributed by atoms with Crippen molar-refractivity contribution in [2.75, 3.05) is 39.3 Å². The first-order valence-electron chi connectivity index (χ1n) is 10.1. The largest absolute Gasteiger partial charge is 0.357 e. The lowest BCUT2D eigenvalue weighted by Crippen LogP contribution is -2.46. The number of hydrogen-bond acceptors (Lipinski definition) is 3. The van der Waals surface area contributed by atoms with Crippen LogP contribution in [0.5, 0.6) is 0 Å². The van der Waals surface area contributed by atoms with Crippen LogP contribution in [0.2, 0.25) is 0 Å². The molecule has 2 saturated heterocycles. The third kappa shape index (κ3) is 7.21. The number of halogens is 1. The number of rotatable bonds is 6. The van der Waals surface area contributed by atoms with Crippen LogP contribution in [0.15, 0.2) is 4.99 Å². The van der Waals surface area contributed by atoms with Crippen molar-refractivity contribution in [2.45, 2.75) is 65.5 Å². The summed E-state index contributed by atoms with van der Waals surface area (Å²) in [6, 6.07) is 0.936. The molecule has 2 fully saturated rings. The molecule has 152 valence electrons. The van der Waals surface area contributed by atoms with Crippen LogP contribution in [0.25, 0.3) is 0 Å². The van der Waals surface area contributed by atoms with Gasteiger partial charge in [0, 0.05) is 51.2 Å². The zero-order chi connectivity index (χ0) is 18.2. The summed E-state index contributed by atoms with van der Waals surface area (Å²) in [5.41, 5.74) is 0. The van der Waals surface area contributed by atoms with Gasteiger partial charge in [0.1, 0.15) is 0 Å². The van der Waals surface area contributed by atoms with Crippen LogP contribution in [0.4, 0.5) is 0 Å². The predicted octanol–water partition coefficient (Wildman–Crippen LogP) is 2.29. The number of piperidine rings is 1. The molecule has 0 aromatic rings. The standard InChI is InChI=1S/C19H37N5O.HI/c1-5-18(25)24-11-9-17(14-24)22-19(20-6-2)21-12-16-8-7-10-23(13-16)15(3)4;/h15-17H,5-14H2,1-4H3,(H2,20,21,22);1H. The highest BCUT2D eigenvalue weighted by Crippen LogP contribution is 2.18. The molecule has 7 heteroatoms. The summed E-state index contributed by atoms with van der Waals surface area (Å²) in [7, 11) is 0. The van der Waals surface area contributed by atoms with Crippen molar-refractivity contribution >= 4 is 35.8 Å². The number of nitrogens with zero attached hydrogens (tertiary/aromatic N) is 3. The van der Waals surface area contributed by atoms with E-state index in [1.54, 1.807) is 0 Å². The molecule has 2 N–H and O–H groups in total. The number of amides is 1. The van der Waals surface area contributed by atoms with Crippen molar-refractivity contribution < 1.29 is 4.79 Å². The molecule has 26 heavy (non-hydrogen) atoms. The Morgan fingerprint density at radius 2 is 1.96 bits per heavy atom. The van der Waals surface area contributed by atoms with E-state index in [1.165, 1.54) is 19.4 Å². The maximum absolute atomic E-state index is 11.8. The Bertz CT molecular complexity index is 457. The molecular weight excluding hydrogens is 441 g/mol. The fourth-order valence-electron chi connectivity index (χ4n) is 3.78. The summed E-state index contributed by atoms with van der Waals surface area (Å²) >= 11 is 0. The average Bonchev–Trinajstić information content (AvgIpc) is 3.08. The lowest BCUT2D eigenvalue weighted by Gasteiger charge is -2.34. The molecule has 0 bridgehead atoms. The van der Waals surface area contributed by atoms with E-state index in [1.807, 2.05) is 11.8 Å². The third-order valence-electron chi connectivity index (χ3n) is 5.32. The SMILES string of the molecule is CCNC(=NCC1CCCN(C(C)C)C1)NC1CCN(C(=O)CC)C1.I. The van der Waals surface area contributed by atoms with Gasteiger partial charge in [-0.25, -0.2) is 0 Å². The van der Waals surface area contributed by atoms with Crippen LogP contribution >= 0.6 is 24.0 Å². The second kappa shape index (κ2) is 12.0. The van der Waals surface area contributed by atoms with Crippen LogP contribution in [-0.4, -0.2) is 73.0 Å². The quantitative estimate of drug-likeness (QED) is 0.349. The zero-order valence-corrected chi connectivity index (χ0v) is 19.3. The van der Waals surface area contributed by atoms with Gasteiger partial charge in [0.2, 0.25) is 5.91 Å². The number of hydrogen-bond donors (Lipinski definition) is 2. The molecule has 2 aliphatic rings. The topological polar surface area (TPSA) is 60.0 Å². The van der Waals surface area contributed by atoms with Crippen molar-refractivity contribution in [1.29, 1.82) is 0 Å². The molecule has 2 aliphatic heterocycles. The van der Waals surface area contributed by atoms with Gasteiger partial charge in [-0.15, -0.1) is 24.0 Å². The first-order valence-corrected chi connectivity index (χ1v) is 10.1. The summed E-state index contributed by atoms with van der Waals surface area (Å²) in [6.07, 6.45) is 4.14. The van der Waals surface area contributed by atoms with Gasteiger partial charge in [0.15, 0.2) is 5.96 Å². The highest BCUT2D eigenvalue weighted by atomic mass is 127. The Hall–Kier alpha value is -0.570. The van der Waals surface area contributed by atoms with E-state index in [-0.39, 0.29) is 29.9 Å². The van der Waals surface area contributed by atoms with Crippen molar-refractivity contribution in [1.82, 2.24) is 20.4 Å². The number of aliphatic imine (C=N–C) groups is 1. The van der Waals surface area contributed by atoms with Gasteiger partial charge < -0.3 is 20.4 Å². The van der Waals surface area contributed by atoms with Crippen LogP contribution in [0.3, 0.4) is 0 Å². The molecule has 6 nitrogen and oxygen atoms in total. The highest BCUT2D eigenvalue weighted by Gasteiger charge is 2.26. The second-order valence-electron chi connectivity index (χ2n) is 7.64. The Morgan fingerprint density at radius 1 is 1.19 bits per heavy atom. The molecule has 2 unspecified atom stereocenters. The molecule has 1 amide bonds. The summed E-state index contributed by atoms with van der Waals surface area (Å²) in [6.45, 7) is 14.3. The normalized spacial score (nSPS) is 24.5. The van der Waals surface area contributed by atoms with Gasteiger partial charge in [-0.3, -0.25) is 9.79 Å². The number of nitrogens with one attached hydrogen (secondary N) is 2. The third-order valence-corrected chi connectivity index (χ3v) is 5.32. The van der Waals surface area contributed by atoms with Gasteiger partial charge in [0.05, 0.1) is 0 Å². The molecule has 0 saturated carbocycles. The van der Waals surface area contributed by atoms with E-state index < -0.39 is 0 Å². The fourth-order valence-corrected chi connectivity index (χ4v) is 3.78. The average molecular weight is 479 g/mol. The van der Waals surface area contributed by atoms with E-state index in [0.29, 0.717) is 24.4 Å². The van der Waals surface area contributed by atoms with Crippen LogP contribution in [-0.2, 0) is 4.79 Å². The lowest BCUT2D eigenvalue weighted by atomic mass is 9.97. The first-order chi connectivity index (χ1) is 12.0. The smallest absolute Gasteiger partial charge is 0.222 e. The van der Waals surface area contributed by atoms with Crippen LogP contribution < -0.4 is 10.6 Å². The minimum atomic E-state index is 0. The van der Waals surface area contributed by atoms with Gasteiger partial charge in [-0.1, -0.05) is 6.92 Å². The minimum Gasteiger partial charge on any atom is -0.357 e. The first kappa shape index (κ1) is 23.5.